The molecule has 4 N–H and O–H groups in total. The summed E-state index contributed by atoms with van der Waals surface area (Å²) in [5.41, 5.74) is -1.59. The highest BCUT2D eigenvalue weighted by Gasteiger charge is 2.43. The second-order valence-corrected chi connectivity index (χ2v) is 12.7. The largest absolute Gasteiger partial charge is 0.772 e. The lowest BCUT2D eigenvalue weighted by atomic mass is 9.83. The van der Waals surface area contributed by atoms with Crippen molar-refractivity contribution in [1.82, 2.24) is 26.2 Å². The summed E-state index contributed by atoms with van der Waals surface area (Å²) >= 11 is -2.34. The predicted octanol–water partition coefficient (Wildman–Crippen LogP) is 0.237. The number of nitrogens with one attached hydrogen (secondary N) is 4. The van der Waals surface area contributed by atoms with Crippen molar-refractivity contribution in [3.63, 3.8) is 0 Å². The highest BCUT2D eigenvalue weighted by molar-refractivity contribution is 7.79. The second kappa shape index (κ2) is 12.5. The predicted molar refractivity (Wildman–Crippen MR) is 138 cm³/mol. The maximum absolute atomic E-state index is 13.6. The van der Waals surface area contributed by atoms with Crippen LogP contribution in [-0.4, -0.2) is 85.7 Å². The number of carbonyl (C=O) groups is 5. The SMILES string of the molecule is CC(C)(C)C(NC(=O)NC1(CS(=O)[O-])CCCCC1)C(=O)N1CCCC1C(=O)NCC(=O)C(=O)NC1CC1. The number of likely N-dealkylation sites (tertiary alicyclic amines) is 1. The Morgan fingerprint density at radius 1 is 1.03 bits per heavy atom. The first-order valence-electron chi connectivity index (χ1n) is 13.4. The average molecular weight is 555 g/mol. The monoisotopic (exact) mass is 554 g/mol. The number of nitrogens with zero attached hydrogens (tertiary/aromatic N) is 1. The zero-order chi connectivity index (χ0) is 28.1. The van der Waals surface area contributed by atoms with E-state index in [-0.39, 0.29) is 11.8 Å². The van der Waals surface area contributed by atoms with E-state index in [0.29, 0.717) is 32.2 Å². The summed E-state index contributed by atoms with van der Waals surface area (Å²) in [6.45, 7) is 5.23. The summed E-state index contributed by atoms with van der Waals surface area (Å²) in [6.07, 6.45) is 6.28. The topological polar surface area (TPSA) is 177 Å². The Morgan fingerprint density at radius 2 is 1.68 bits per heavy atom. The van der Waals surface area contributed by atoms with Crippen LogP contribution in [0.3, 0.4) is 0 Å². The highest BCUT2D eigenvalue weighted by Crippen LogP contribution is 2.30. The normalized spacial score (nSPS) is 22.6. The van der Waals surface area contributed by atoms with Crippen LogP contribution < -0.4 is 21.3 Å². The lowest BCUT2D eigenvalue weighted by Crippen LogP contribution is -2.62. The third-order valence-electron chi connectivity index (χ3n) is 7.40. The van der Waals surface area contributed by atoms with Crippen molar-refractivity contribution >= 4 is 40.6 Å². The molecule has 0 radical (unpaired) electrons. The van der Waals surface area contributed by atoms with Gasteiger partial charge < -0.3 is 30.7 Å². The number of hydrogen-bond acceptors (Lipinski definition) is 7. The van der Waals surface area contributed by atoms with Crippen molar-refractivity contribution in [2.24, 2.45) is 5.41 Å². The van der Waals surface area contributed by atoms with Crippen molar-refractivity contribution in [1.29, 1.82) is 0 Å². The molecule has 13 heteroatoms. The Bertz CT molecular complexity index is 956. The number of carbonyl (C=O) groups excluding carboxylic acids is 5. The van der Waals surface area contributed by atoms with Gasteiger partial charge in [-0.1, -0.05) is 51.1 Å². The van der Waals surface area contributed by atoms with Crippen molar-refractivity contribution in [3.8, 4) is 0 Å². The molecule has 2 saturated carbocycles. The molecule has 1 saturated heterocycles. The number of rotatable bonds is 10. The zero-order valence-electron chi connectivity index (χ0n) is 22.4. The number of Topliss-reactive ketones (excluding diaryl/α,β-unsaturated/α-hetero) is 1. The van der Waals surface area contributed by atoms with Gasteiger partial charge in [-0.15, -0.1) is 0 Å². The fourth-order valence-electron chi connectivity index (χ4n) is 5.14. The van der Waals surface area contributed by atoms with Gasteiger partial charge in [0.2, 0.25) is 17.6 Å². The number of ketones is 1. The van der Waals surface area contributed by atoms with Gasteiger partial charge in [0.05, 0.1) is 12.1 Å². The van der Waals surface area contributed by atoms with E-state index in [2.05, 4.69) is 21.3 Å². The lowest BCUT2D eigenvalue weighted by Gasteiger charge is -2.40. The molecule has 0 bridgehead atoms. The number of amides is 5. The Balaban J connectivity index is 1.63. The smallest absolute Gasteiger partial charge is 0.315 e. The van der Waals surface area contributed by atoms with E-state index in [4.69, 9.17) is 0 Å². The molecular weight excluding hydrogens is 514 g/mol. The van der Waals surface area contributed by atoms with E-state index in [1.54, 1.807) is 20.8 Å². The Morgan fingerprint density at radius 3 is 2.26 bits per heavy atom. The molecule has 12 nitrogen and oxygen atoms in total. The summed E-state index contributed by atoms with van der Waals surface area (Å²) < 4.78 is 23.0. The van der Waals surface area contributed by atoms with E-state index in [1.807, 2.05) is 0 Å². The Hall–Kier alpha value is -2.54. The van der Waals surface area contributed by atoms with Gasteiger partial charge in [0, 0.05) is 18.3 Å². The molecule has 1 heterocycles. The fourth-order valence-corrected chi connectivity index (χ4v) is 5.96. The molecule has 3 fully saturated rings. The van der Waals surface area contributed by atoms with Crippen LogP contribution in [0.25, 0.3) is 0 Å². The zero-order valence-corrected chi connectivity index (χ0v) is 23.2. The third kappa shape index (κ3) is 8.23. The third-order valence-corrected chi connectivity index (χ3v) is 8.19. The summed E-state index contributed by atoms with van der Waals surface area (Å²) in [6, 6.07) is -2.41. The minimum Gasteiger partial charge on any atom is -0.772 e. The quantitative estimate of drug-likeness (QED) is 0.221. The van der Waals surface area contributed by atoms with Crippen LogP contribution in [0.5, 0.6) is 0 Å². The van der Waals surface area contributed by atoms with Crippen molar-refractivity contribution < 1.29 is 32.7 Å². The van der Waals surface area contributed by atoms with Gasteiger partial charge >= 0.3 is 6.03 Å². The molecule has 3 aliphatic rings. The Labute approximate surface area is 226 Å². The minimum absolute atomic E-state index is 0.0274. The number of urea groups is 1. The molecule has 0 aromatic heterocycles. The average Bonchev–Trinajstić information content (AvgIpc) is 3.50. The first-order valence-corrected chi connectivity index (χ1v) is 14.6. The molecule has 38 heavy (non-hydrogen) atoms. The Kier molecular flexibility index (Phi) is 9.91. The minimum atomic E-state index is -2.34. The van der Waals surface area contributed by atoms with Crippen LogP contribution in [0.2, 0.25) is 0 Å². The first kappa shape index (κ1) is 30.0. The van der Waals surface area contributed by atoms with Gasteiger partial charge in [-0.05, 0) is 43.9 Å². The van der Waals surface area contributed by atoms with Crippen LogP contribution in [-0.2, 0) is 30.3 Å². The summed E-state index contributed by atoms with van der Waals surface area (Å²) in [5.74, 6) is -2.64. The maximum Gasteiger partial charge on any atom is 0.315 e. The molecule has 3 unspecified atom stereocenters. The standard InChI is InChI=1S/C25H41N5O7S/c1-24(2,3)19(28-23(35)29-25(15-38(36)37)11-5-4-6-12-25)22(34)30-13-7-8-17(30)20(32)26-14-18(31)21(33)27-16-9-10-16/h16-17,19H,4-15H2,1-3H3,(H,26,32)(H,27,33)(H,36,37)(H2,28,29,35)/p-1. The molecule has 5 amide bonds. The van der Waals surface area contributed by atoms with Crippen LogP contribution in [0.15, 0.2) is 0 Å². The molecule has 0 aromatic carbocycles. The molecule has 2 aliphatic carbocycles. The molecule has 214 valence electrons. The van der Waals surface area contributed by atoms with Gasteiger partial charge in [-0.3, -0.25) is 23.4 Å². The van der Waals surface area contributed by atoms with Crippen molar-refractivity contribution in [2.75, 3.05) is 18.8 Å². The summed E-state index contributed by atoms with van der Waals surface area (Å²) in [7, 11) is 0. The van der Waals surface area contributed by atoms with Crippen LogP contribution in [0.1, 0.15) is 78.6 Å². The fraction of sp³-hybridized carbons (Fsp3) is 0.800. The first-order chi connectivity index (χ1) is 17.8. The van der Waals surface area contributed by atoms with E-state index >= 15 is 0 Å². The van der Waals surface area contributed by atoms with E-state index in [0.717, 1.165) is 32.1 Å². The summed E-state index contributed by atoms with van der Waals surface area (Å²) in [5, 5.41) is 10.6. The van der Waals surface area contributed by atoms with Gasteiger partial charge in [0.1, 0.15) is 12.1 Å². The van der Waals surface area contributed by atoms with Crippen LogP contribution in [0, 0.1) is 5.41 Å². The van der Waals surface area contributed by atoms with Gasteiger partial charge in [-0.2, -0.15) is 0 Å². The molecular formula is C25H40N5O7S-. The van der Waals surface area contributed by atoms with Crippen molar-refractivity contribution in [3.05, 3.63) is 0 Å². The van der Waals surface area contributed by atoms with Gasteiger partial charge in [0.15, 0.2) is 0 Å². The molecule has 3 atom stereocenters. The van der Waals surface area contributed by atoms with Gasteiger partial charge in [-0.25, -0.2) is 4.79 Å². The van der Waals surface area contributed by atoms with Crippen LogP contribution in [0.4, 0.5) is 4.79 Å². The van der Waals surface area contributed by atoms with E-state index in [1.165, 1.54) is 4.90 Å². The van der Waals surface area contributed by atoms with Crippen LogP contribution >= 0.6 is 0 Å². The second-order valence-electron chi connectivity index (χ2n) is 11.8. The van der Waals surface area contributed by atoms with E-state index < -0.39 is 70.2 Å². The molecule has 0 aromatic rings. The van der Waals surface area contributed by atoms with Gasteiger partial charge in [0.25, 0.3) is 5.91 Å². The summed E-state index contributed by atoms with van der Waals surface area (Å²) in [4.78, 5) is 64.9. The highest BCUT2D eigenvalue weighted by atomic mass is 32.2. The van der Waals surface area contributed by atoms with E-state index in [9.17, 15) is 32.7 Å². The maximum atomic E-state index is 13.6. The van der Waals surface area contributed by atoms with Crippen molar-refractivity contribution in [2.45, 2.75) is 102 Å². The molecule has 1 aliphatic heterocycles. The number of hydrogen-bond donors (Lipinski definition) is 4. The molecule has 3 rings (SSSR count). The molecule has 0 spiro atoms. The lowest BCUT2D eigenvalue weighted by molar-refractivity contribution is -0.142.